The maximum Gasteiger partial charge on any atom is 0.337 e. The molecule has 1 aliphatic carbocycles. The number of aromatic nitrogens is 5. The van der Waals surface area contributed by atoms with Gasteiger partial charge >= 0.3 is 5.97 Å². The third-order valence-corrected chi connectivity index (χ3v) is 5.90. The van der Waals surface area contributed by atoms with E-state index in [9.17, 15) is 4.79 Å². The van der Waals surface area contributed by atoms with Crippen molar-refractivity contribution in [2.45, 2.75) is 57.9 Å². The van der Waals surface area contributed by atoms with Crippen LogP contribution in [-0.2, 0) is 24.1 Å². The number of carbonyl (C=O) groups excluding carboxylic acids is 1. The number of benzene rings is 1. The lowest BCUT2D eigenvalue weighted by atomic mass is 9.85. The average Bonchev–Trinajstić information content (AvgIpc) is 3.38. The third kappa shape index (κ3) is 4.08. The summed E-state index contributed by atoms with van der Waals surface area (Å²) < 4.78 is 7.15. The Morgan fingerprint density at radius 1 is 1.25 bits per heavy atom. The van der Waals surface area contributed by atoms with Gasteiger partial charge in [-0.05, 0) is 42.5 Å². The second-order valence-electron chi connectivity index (χ2n) is 7.69. The summed E-state index contributed by atoms with van der Waals surface area (Å²) in [6.45, 7) is 0.775. The van der Waals surface area contributed by atoms with Crippen LogP contribution >= 0.6 is 0 Å². The molecular weight excluding hydrogens is 354 g/mol. The van der Waals surface area contributed by atoms with Crippen molar-refractivity contribution < 1.29 is 9.53 Å². The van der Waals surface area contributed by atoms with Crippen molar-refractivity contribution in [2.24, 2.45) is 5.92 Å². The average molecular weight is 381 g/mol. The molecule has 7 heteroatoms. The molecule has 0 spiro atoms. The fourth-order valence-electron chi connectivity index (χ4n) is 4.34. The number of rotatable bonds is 7. The number of hydrogen-bond donors (Lipinski definition) is 1. The van der Waals surface area contributed by atoms with E-state index in [0.29, 0.717) is 17.8 Å². The van der Waals surface area contributed by atoms with Gasteiger partial charge in [0.25, 0.3) is 0 Å². The quantitative estimate of drug-likeness (QED) is 0.631. The van der Waals surface area contributed by atoms with Gasteiger partial charge in [0.05, 0.1) is 12.7 Å². The number of aromatic amines is 1. The zero-order valence-electron chi connectivity index (χ0n) is 16.4. The fraction of sp³-hybridized carbons (Fsp3) is 0.524. The molecule has 148 valence electrons. The van der Waals surface area contributed by atoms with Crippen molar-refractivity contribution in [3.63, 3.8) is 0 Å². The summed E-state index contributed by atoms with van der Waals surface area (Å²) in [5, 5.41) is 15.4. The molecule has 1 saturated carbocycles. The van der Waals surface area contributed by atoms with E-state index < -0.39 is 0 Å². The van der Waals surface area contributed by atoms with Crippen LogP contribution < -0.4 is 0 Å². The highest BCUT2D eigenvalue weighted by Gasteiger charge is 2.17. The standard InChI is InChI=1S/C21H27N5O2/c1-28-21(27)16-9-10-19-18(13-16)17(8-7-15-5-3-2-4-6-15)14-26(19)12-11-20-22-24-25-23-20/h9-10,13-15H,2-8,11-12H2,1H3,(H,22,23,24,25). The summed E-state index contributed by atoms with van der Waals surface area (Å²) in [5.74, 6) is 1.24. The normalized spacial score (nSPS) is 15.2. The summed E-state index contributed by atoms with van der Waals surface area (Å²) in [6, 6.07) is 5.83. The first-order chi connectivity index (χ1) is 13.7. The van der Waals surface area contributed by atoms with E-state index in [0.717, 1.165) is 29.8 Å². The topological polar surface area (TPSA) is 85.7 Å². The van der Waals surface area contributed by atoms with Crippen LogP contribution in [0, 0.1) is 5.92 Å². The Morgan fingerprint density at radius 2 is 2.11 bits per heavy atom. The Bertz CT molecular complexity index is 926. The Labute approximate surface area is 164 Å². The molecule has 1 aliphatic rings. The molecule has 4 rings (SSSR count). The molecule has 3 aromatic rings. The Balaban J connectivity index is 1.59. The van der Waals surface area contributed by atoms with Gasteiger partial charge in [0, 0.05) is 30.1 Å². The Morgan fingerprint density at radius 3 is 2.86 bits per heavy atom. The molecule has 2 aromatic heterocycles. The lowest BCUT2D eigenvalue weighted by Crippen LogP contribution is -2.07. The van der Waals surface area contributed by atoms with Crippen LogP contribution in [0.3, 0.4) is 0 Å². The number of tetrazole rings is 1. The molecule has 28 heavy (non-hydrogen) atoms. The fourth-order valence-corrected chi connectivity index (χ4v) is 4.34. The molecule has 0 amide bonds. The number of hydrogen-bond acceptors (Lipinski definition) is 5. The van der Waals surface area contributed by atoms with E-state index in [1.807, 2.05) is 18.2 Å². The van der Waals surface area contributed by atoms with Crippen LogP contribution in [0.25, 0.3) is 10.9 Å². The highest BCUT2D eigenvalue weighted by Crippen LogP contribution is 2.30. The summed E-state index contributed by atoms with van der Waals surface area (Å²) in [7, 11) is 1.42. The second-order valence-corrected chi connectivity index (χ2v) is 7.69. The van der Waals surface area contributed by atoms with Gasteiger partial charge in [-0.2, -0.15) is 5.21 Å². The molecule has 2 heterocycles. The Hall–Kier alpha value is -2.70. The van der Waals surface area contributed by atoms with E-state index in [1.165, 1.54) is 51.2 Å². The first kappa shape index (κ1) is 18.7. The van der Waals surface area contributed by atoms with Gasteiger partial charge in [-0.1, -0.05) is 37.3 Å². The number of nitrogens with one attached hydrogen (secondary N) is 1. The largest absolute Gasteiger partial charge is 0.465 e. The molecule has 1 fully saturated rings. The van der Waals surface area contributed by atoms with Crippen molar-refractivity contribution in [3.8, 4) is 0 Å². The molecule has 1 N–H and O–H groups in total. The predicted octanol–water partition coefficient (Wildman–Crippen LogP) is 3.70. The van der Waals surface area contributed by atoms with E-state index in [4.69, 9.17) is 4.74 Å². The molecule has 7 nitrogen and oxygen atoms in total. The Kier molecular flexibility index (Phi) is 5.69. The monoisotopic (exact) mass is 381 g/mol. The maximum atomic E-state index is 12.0. The lowest BCUT2D eigenvalue weighted by molar-refractivity contribution is 0.0601. The zero-order chi connectivity index (χ0) is 19.3. The van der Waals surface area contributed by atoms with Crippen molar-refractivity contribution in [3.05, 3.63) is 41.3 Å². The highest BCUT2D eigenvalue weighted by molar-refractivity contribution is 5.95. The summed E-state index contributed by atoms with van der Waals surface area (Å²) >= 11 is 0. The van der Waals surface area contributed by atoms with Crippen LogP contribution in [0.2, 0.25) is 0 Å². The molecule has 0 aliphatic heterocycles. The van der Waals surface area contributed by atoms with Gasteiger partial charge in [-0.3, -0.25) is 0 Å². The number of ether oxygens (including phenoxy) is 1. The van der Waals surface area contributed by atoms with Crippen LogP contribution in [0.15, 0.2) is 24.4 Å². The number of nitrogens with zero attached hydrogens (tertiary/aromatic N) is 4. The van der Waals surface area contributed by atoms with Crippen molar-refractivity contribution in [1.82, 2.24) is 25.2 Å². The molecule has 0 radical (unpaired) electrons. The number of H-pyrrole nitrogens is 1. The van der Waals surface area contributed by atoms with Crippen molar-refractivity contribution in [1.29, 1.82) is 0 Å². The first-order valence-corrected chi connectivity index (χ1v) is 10.2. The van der Waals surface area contributed by atoms with Gasteiger partial charge < -0.3 is 9.30 Å². The summed E-state index contributed by atoms with van der Waals surface area (Å²) in [5.41, 5.74) is 3.04. The highest BCUT2D eigenvalue weighted by atomic mass is 16.5. The number of aryl methyl sites for hydroxylation is 3. The number of fused-ring (bicyclic) bond motifs is 1. The minimum absolute atomic E-state index is 0.292. The van der Waals surface area contributed by atoms with Crippen LogP contribution in [0.4, 0.5) is 0 Å². The summed E-state index contributed by atoms with van der Waals surface area (Å²) in [6.07, 6.45) is 12.0. The smallest absolute Gasteiger partial charge is 0.337 e. The van der Waals surface area contributed by atoms with Crippen molar-refractivity contribution >= 4 is 16.9 Å². The molecular formula is C21H27N5O2. The van der Waals surface area contributed by atoms with Gasteiger partial charge in [0.15, 0.2) is 5.82 Å². The van der Waals surface area contributed by atoms with Gasteiger partial charge in [-0.15, -0.1) is 10.2 Å². The van der Waals surface area contributed by atoms with Crippen LogP contribution in [0.5, 0.6) is 0 Å². The summed E-state index contributed by atoms with van der Waals surface area (Å²) in [4.78, 5) is 12.0. The van der Waals surface area contributed by atoms with E-state index in [1.54, 1.807) is 0 Å². The van der Waals surface area contributed by atoms with Gasteiger partial charge in [0.1, 0.15) is 0 Å². The first-order valence-electron chi connectivity index (χ1n) is 10.2. The molecule has 1 aromatic carbocycles. The molecule has 0 atom stereocenters. The van der Waals surface area contributed by atoms with Crippen LogP contribution in [0.1, 0.15) is 60.3 Å². The predicted molar refractivity (Wildman–Crippen MR) is 106 cm³/mol. The number of methoxy groups -OCH3 is 1. The lowest BCUT2D eigenvalue weighted by Gasteiger charge is -2.21. The second kappa shape index (κ2) is 8.54. The number of esters is 1. The number of carbonyl (C=O) groups is 1. The SMILES string of the molecule is COC(=O)c1ccc2c(c1)c(CCC1CCCCC1)cn2CCc1nn[nH]n1. The molecule has 0 unspecified atom stereocenters. The minimum Gasteiger partial charge on any atom is -0.465 e. The van der Waals surface area contributed by atoms with Crippen molar-refractivity contribution in [2.75, 3.05) is 7.11 Å². The zero-order valence-corrected chi connectivity index (χ0v) is 16.4. The van der Waals surface area contributed by atoms with E-state index in [2.05, 4.69) is 31.4 Å². The van der Waals surface area contributed by atoms with E-state index >= 15 is 0 Å². The maximum absolute atomic E-state index is 12.0. The van der Waals surface area contributed by atoms with Crippen LogP contribution in [-0.4, -0.2) is 38.3 Å². The van der Waals surface area contributed by atoms with Gasteiger partial charge in [0.2, 0.25) is 0 Å². The van der Waals surface area contributed by atoms with Gasteiger partial charge in [-0.25, -0.2) is 4.79 Å². The van der Waals surface area contributed by atoms with E-state index in [-0.39, 0.29) is 5.97 Å². The minimum atomic E-state index is -0.292. The molecule has 0 bridgehead atoms. The third-order valence-electron chi connectivity index (χ3n) is 5.90. The molecule has 0 saturated heterocycles.